The zero-order valence-electron chi connectivity index (χ0n) is 10.6. The number of carbonyl (C=O) groups is 1. The minimum atomic E-state index is -0.0867. The lowest BCUT2D eigenvalue weighted by Gasteiger charge is -2.35. The van der Waals surface area contributed by atoms with Crippen LogP contribution in [0.25, 0.3) is 0 Å². The van der Waals surface area contributed by atoms with Crippen molar-refractivity contribution in [1.82, 2.24) is 5.32 Å². The average Bonchev–Trinajstić information content (AvgIpc) is 2.37. The number of hydrogen-bond acceptors (Lipinski definition) is 2. The molecular weight excluding hydrogens is 212 g/mol. The maximum Gasteiger partial charge on any atom is 0.242 e. The van der Waals surface area contributed by atoms with Crippen LogP contribution in [0.3, 0.4) is 0 Å². The molecule has 1 aliphatic rings. The maximum atomic E-state index is 11.9. The van der Waals surface area contributed by atoms with Crippen LogP contribution in [-0.4, -0.2) is 25.0 Å². The Hall–Kier alpha value is -1.51. The topological polar surface area (TPSA) is 32.3 Å². The Balaban J connectivity index is 2.20. The van der Waals surface area contributed by atoms with Crippen molar-refractivity contribution in [2.24, 2.45) is 0 Å². The molecule has 0 saturated heterocycles. The second-order valence-electron chi connectivity index (χ2n) is 4.50. The molecule has 1 heterocycles. The molecule has 1 aromatic carbocycles. The van der Waals surface area contributed by atoms with Gasteiger partial charge < -0.3 is 10.2 Å². The highest BCUT2D eigenvalue weighted by molar-refractivity contribution is 5.85. The summed E-state index contributed by atoms with van der Waals surface area (Å²) in [6, 6.07) is 8.30. The number of para-hydroxylation sites is 1. The van der Waals surface area contributed by atoms with Crippen molar-refractivity contribution in [3.8, 4) is 0 Å². The summed E-state index contributed by atoms with van der Waals surface area (Å²) in [4.78, 5) is 14.1. The molecule has 0 radical (unpaired) electrons. The number of hydrogen-bond donors (Lipinski definition) is 1. The minimum absolute atomic E-state index is 0.0867. The molecule has 1 atom stereocenters. The zero-order chi connectivity index (χ0) is 12.3. The fourth-order valence-corrected chi connectivity index (χ4v) is 2.43. The lowest BCUT2D eigenvalue weighted by molar-refractivity contribution is -0.122. The van der Waals surface area contributed by atoms with E-state index in [0.29, 0.717) is 6.54 Å². The van der Waals surface area contributed by atoms with E-state index in [1.54, 1.807) is 0 Å². The molecule has 0 fully saturated rings. The zero-order valence-corrected chi connectivity index (χ0v) is 10.6. The predicted molar refractivity (Wildman–Crippen MR) is 70.3 cm³/mol. The average molecular weight is 232 g/mol. The van der Waals surface area contributed by atoms with Gasteiger partial charge in [-0.15, -0.1) is 0 Å². The largest absolute Gasteiger partial charge is 0.360 e. The smallest absolute Gasteiger partial charge is 0.242 e. The van der Waals surface area contributed by atoms with Crippen molar-refractivity contribution in [3.05, 3.63) is 29.8 Å². The summed E-state index contributed by atoms with van der Waals surface area (Å²) in [6.07, 6.45) is 2.25. The van der Waals surface area contributed by atoms with Gasteiger partial charge in [0.15, 0.2) is 0 Å². The van der Waals surface area contributed by atoms with Gasteiger partial charge in [-0.3, -0.25) is 4.79 Å². The van der Waals surface area contributed by atoms with Crippen molar-refractivity contribution < 1.29 is 4.79 Å². The van der Waals surface area contributed by atoms with Gasteiger partial charge in [0.25, 0.3) is 0 Å². The van der Waals surface area contributed by atoms with Gasteiger partial charge in [0, 0.05) is 18.8 Å². The Kier molecular flexibility index (Phi) is 3.67. The van der Waals surface area contributed by atoms with Gasteiger partial charge in [-0.1, -0.05) is 18.2 Å². The van der Waals surface area contributed by atoms with Crippen LogP contribution in [0.2, 0.25) is 0 Å². The number of nitrogens with one attached hydrogen (secondary N) is 1. The van der Waals surface area contributed by atoms with Crippen molar-refractivity contribution >= 4 is 11.6 Å². The third-order valence-corrected chi connectivity index (χ3v) is 3.34. The van der Waals surface area contributed by atoms with E-state index in [9.17, 15) is 4.79 Å². The molecule has 1 amide bonds. The summed E-state index contributed by atoms with van der Waals surface area (Å²) in [5.41, 5.74) is 2.58. The molecule has 0 saturated carbocycles. The monoisotopic (exact) mass is 232 g/mol. The van der Waals surface area contributed by atoms with Crippen LogP contribution in [0.5, 0.6) is 0 Å². The number of amides is 1. The fourth-order valence-electron chi connectivity index (χ4n) is 2.43. The molecule has 1 aliphatic heterocycles. The third-order valence-electron chi connectivity index (χ3n) is 3.34. The summed E-state index contributed by atoms with van der Waals surface area (Å²) in [7, 11) is 0. The molecule has 17 heavy (non-hydrogen) atoms. The Morgan fingerprint density at radius 2 is 2.24 bits per heavy atom. The second-order valence-corrected chi connectivity index (χ2v) is 4.50. The van der Waals surface area contributed by atoms with Gasteiger partial charge in [0.1, 0.15) is 6.04 Å². The van der Waals surface area contributed by atoms with Crippen LogP contribution in [0.15, 0.2) is 24.3 Å². The molecule has 0 aromatic heterocycles. The summed E-state index contributed by atoms with van der Waals surface area (Å²) in [6.45, 7) is 5.59. The van der Waals surface area contributed by atoms with Gasteiger partial charge in [-0.2, -0.15) is 0 Å². The number of benzene rings is 1. The lowest BCUT2D eigenvalue weighted by Crippen LogP contribution is -2.47. The van der Waals surface area contributed by atoms with Crippen molar-refractivity contribution in [2.45, 2.75) is 32.7 Å². The predicted octanol–water partition coefficient (Wildman–Crippen LogP) is 1.96. The fraction of sp³-hybridized carbons (Fsp3) is 0.500. The van der Waals surface area contributed by atoms with E-state index in [1.807, 2.05) is 19.9 Å². The molecule has 3 heteroatoms. The van der Waals surface area contributed by atoms with E-state index in [0.717, 1.165) is 19.4 Å². The van der Waals surface area contributed by atoms with Gasteiger partial charge in [0.2, 0.25) is 5.91 Å². The van der Waals surface area contributed by atoms with Gasteiger partial charge in [0.05, 0.1) is 0 Å². The first-order valence-corrected chi connectivity index (χ1v) is 6.36. The van der Waals surface area contributed by atoms with Crippen molar-refractivity contribution in [3.63, 3.8) is 0 Å². The molecular formula is C14H20N2O. The van der Waals surface area contributed by atoms with E-state index in [-0.39, 0.29) is 11.9 Å². The van der Waals surface area contributed by atoms with E-state index >= 15 is 0 Å². The first-order valence-electron chi connectivity index (χ1n) is 6.36. The SMILES string of the molecule is CCNC(=O)[C@@H](C)N1CCCc2ccccc21. The molecule has 3 nitrogen and oxygen atoms in total. The first-order chi connectivity index (χ1) is 8.24. The van der Waals surface area contributed by atoms with Crippen LogP contribution >= 0.6 is 0 Å². The van der Waals surface area contributed by atoms with Gasteiger partial charge in [-0.25, -0.2) is 0 Å². The van der Waals surface area contributed by atoms with Crippen LogP contribution < -0.4 is 10.2 Å². The van der Waals surface area contributed by atoms with Gasteiger partial charge >= 0.3 is 0 Å². The highest BCUT2D eigenvalue weighted by Gasteiger charge is 2.25. The number of aryl methyl sites for hydroxylation is 1. The van der Waals surface area contributed by atoms with Crippen molar-refractivity contribution in [2.75, 3.05) is 18.0 Å². The van der Waals surface area contributed by atoms with Crippen LogP contribution in [-0.2, 0) is 11.2 Å². The maximum absolute atomic E-state index is 11.9. The Morgan fingerprint density at radius 3 is 3.00 bits per heavy atom. The highest BCUT2D eigenvalue weighted by atomic mass is 16.2. The Labute approximate surface area is 103 Å². The van der Waals surface area contributed by atoms with E-state index in [1.165, 1.54) is 11.3 Å². The van der Waals surface area contributed by atoms with Crippen LogP contribution in [0.1, 0.15) is 25.8 Å². The lowest BCUT2D eigenvalue weighted by atomic mass is 10.00. The number of nitrogens with zero attached hydrogens (tertiary/aromatic N) is 1. The van der Waals surface area contributed by atoms with E-state index in [2.05, 4.69) is 28.4 Å². The number of rotatable bonds is 3. The normalized spacial score (nSPS) is 16.2. The molecule has 0 spiro atoms. The minimum Gasteiger partial charge on any atom is -0.360 e. The first kappa shape index (κ1) is 12.0. The van der Waals surface area contributed by atoms with E-state index < -0.39 is 0 Å². The molecule has 0 bridgehead atoms. The van der Waals surface area contributed by atoms with E-state index in [4.69, 9.17) is 0 Å². The number of carbonyl (C=O) groups excluding carboxylic acids is 1. The van der Waals surface area contributed by atoms with Crippen LogP contribution in [0.4, 0.5) is 5.69 Å². The molecule has 92 valence electrons. The second kappa shape index (κ2) is 5.21. The molecule has 1 aromatic rings. The molecule has 2 rings (SSSR count). The Bertz CT molecular complexity index is 403. The number of likely N-dealkylation sites (N-methyl/N-ethyl adjacent to an activating group) is 1. The van der Waals surface area contributed by atoms with Crippen molar-refractivity contribution in [1.29, 1.82) is 0 Å². The number of fused-ring (bicyclic) bond motifs is 1. The summed E-state index contributed by atoms with van der Waals surface area (Å²) in [5.74, 6) is 0.115. The molecule has 0 aliphatic carbocycles. The molecule has 0 unspecified atom stereocenters. The quantitative estimate of drug-likeness (QED) is 0.864. The Morgan fingerprint density at radius 1 is 1.47 bits per heavy atom. The van der Waals surface area contributed by atoms with Gasteiger partial charge in [-0.05, 0) is 38.3 Å². The molecule has 1 N–H and O–H groups in total. The third kappa shape index (κ3) is 2.43. The summed E-state index contributed by atoms with van der Waals surface area (Å²) in [5, 5.41) is 2.89. The standard InChI is InChI=1S/C14H20N2O/c1-3-15-14(17)11(2)16-10-6-8-12-7-4-5-9-13(12)16/h4-5,7,9,11H,3,6,8,10H2,1-2H3,(H,15,17)/t11-/m1/s1. The van der Waals surface area contributed by atoms with Crippen LogP contribution in [0, 0.1) is 0 Å². The highest BCUT2D eigenvalue weighted by Crippen LogP contribution is 2.28. The number of anilines is 1. The summed E-state index contributed by atoms with van der Waals surface area (Å²) < 4.78 is 0. The summed E-state index contributed by atoms with van der Waals surface area (Å²) >= 11 is 0.